The van der Waals surface area contributed by atoms with Gasteiger partial charge >= 0.3 is 0 Å². The Labute approximate surface area is 136 Å². The van der Waals surface area contributed by atoms with Crippen molar-refractivity contribution in [2.24, 2.45) is 0 Å². The maximum absolute atomic E-state index is 11.5. The molecule has 1 amide bonds. The molecule has 0 unspecified atom stereocenters. The van der Waals surface area contributed by atoms with Gasteiger partial charge in [0.15, 0.2) is 0 Å². The molecule has 0 saturated heterocycles. The predicted octanol–water partition coefficient (Wildman–Crippen LogP) is 5.11. The van der Waals surface area contributed by atoms with E-state index in [2.05, 4.69) is 34.5 Å². The molecule has 114 valence electrons. The molecule has 0 spiro atoms. The number of hydrogen-bond acceptors (Lipinski definition) is 2. The van der Waals surface area contributed by atoms with Crippen LogP contribution in [0.2, 0.25) is 0 Å². The Morgan fingerprint density at radius 3 is 1.74 bits per heavy atom. The van der Waals surface area contributed by atoms with Crippen molar-refractivity contribution in [1.82, 2.24) is 0 Å². The first-order valence-corrected chi connectivity index (χ1v) is 7.52. The van der Waals surface area contributed by atoms with Gasteiger partial charge in [0.05, 0.1) is 11.4 Å². The second-order valence-corrected chi connectivity index (χ2v) is 5.20. The van der Waals surface area contributed by atoms with Crippen LogP contribution in [-0.4, -0.2) is 5.91 Å². The summed E-state index contributed by atoms with van der Waals surface area (Å²) < 4.78 is 0. The molecule has 0 fully saturated rings. The van der Waals surface area contributed by atoms with E-state index in [4.69, 9.17) is 0 Å². The predicted molar refractivity (Wildman–Crippen MR) is 95.4 cm³/mol. The number of anilines is 4. The molecule has 0 radical (unpaired) electrons. The van der Waals surface area contributed by atoms with Crippen LogP contribution in [0.5, 0.6) is 0 Å². The molecule has 3 heteroatoms. The molecule has 0 aliphatic carbocycles. The van der Waals surface area contributed by atoms with E-state index in [0.717, 1.165) is 22.7 Å². The van der Waals surface area contributed by atoms with E-state index >= 15 is 0 Å². The van der Waals surface area contributed by atoms with E-state index in [0.29, 0.717) is 0 Å². The average molecular weight is 302 g/mol. The second kappa shape index (κ2) is 6.79. The number of para-hydroxylation sites is 4. The SMILES string of the molecule is CC(=O)Nc1ccccc1N(c1ccccc1)c1ccccc1. The quantitative estimate of drug-likeness (QED) is 0.726. The van der Waals surface area contributed by atoms with E-state index in [1.165, 1.54) is 6.92 Å². The molecule has 3 aromatic carbocycles. The maximum atomic E-state index is 11.5. The lowest BCUT2D eigenvalue weighted by atomic mass is 10.1. The summed E-state index contributed by atoms with van der Waals surface area (Å²) in [6.07, 6.45) is 0. The second-order valence-electron chi connectivity index (χ2n) is 5.20. The summed E-state index contributed by atoms with van der Waals surface area (Å²) in [5, 5.41) is 2.91. The number of benzene rings is 3. The first kappa shape index (κ1) is 14.9. The van der Waals surface area contributed by atoms with Gasteiger partial charge in [-0.05, 0) is 36.4 Å². The van der Waals surface area contributed by atoms with Gasteiger partial charge < -0.3 is 10.2 Å². The number of nitrogens with one attached hydrogen (secondary N) is 1. The van der Waals surface area contributed by atoms with Gasteiger partial charge in [-0.2, -0.15) is 0 Å². The largest absolute Gasteiger partial charge is 0.325 e. The zero-order valence-corrected chi connectivity index (χ0v) is 12.9. The van der Waals surface area contributed by atoms with Crippen LogP contribution in [0.4, 0.5) is 22.7 Å². The summed E-state index contributed by atoms with van der Waals surface area (Å²) in [6.45, 7) is 1.52. The molecule has 0 aromatic heterocycles. The third-order valence-electron chi connectivity index (χ3n) is 3.48. The number of carbonyl (C=O) groups is 1. The Bertz CT molecular complexity index is 746. The van der Waals surface area contributed by atoms with Gasteiger partial charge in [-0.15, -0.1) is 0 Å². The standard InChI is InChI=1S/C20H18N2O/c1-16(23)21-19-14-8-9-15-20(19)22(17-10-4-2-5-11-17)18-12-6-3-7-13-18/h2-15H,1H3,(H,21,23). The highest BCUT2D eigenvalue weighted by Crippen LogP contribution is 2.38. The van der Waals surface area contributed by atoms with Gasteiger partial charge in [0.2, 0.25) is 5.91 Å². The molecule has 0 atom stereocenters. The summed E-state index contributed by atoms with van der Waals surface area (Å²) >= 11 is 0. The molecule has 0 aliphatic rings. The third-order valence-corrected chi connectivity index (χ3v) is 3.48. The van der Waals surface area contributed by atoms with Crippen LogP contribution in [0.25, 0.3) is 0 Å². The molecule has 3 rings (SSSR count). The van der Waals surface area contributed by atoms with Crippen molar-refractivity contribution in [3.05, 3.63) is 84.9 Å². The van der Waals surface area contributed by atoms with Crippen molar-refractivity contribution >= 4 is 28.7 Å². The third kappa shape index (κ3) is 3.40. The molecule has 23 heavy (non-hydrogen) atoms. The zero-order chi connectivity index (χ0) is 16.1. The molecular weight excluding hydrogens is 284 g/mol. The van der Waals surface area contributed by atoms with Gasteiger partial charge in [0.1, 0.15) is 0 Å². The molecule has 0 saturated carbocycles. The van der Waals surface area contributed by atoms with E-state index < -0.39 is 0 Å². The lowest BCUT2D eigenvalue weighted by Gasteiger charge is -2.27. The number of carbonyl (C=O) groups excluding carboxylic acids is 1. The molecule has 3 nitrogen and oxygen atoms in total. The van der Waals surface area contributed by atoms with Crippen molar-refractivity contribution in [1.29, 1.82) is 0 Å². The zero-order valence-electron chi connectivity index (χ0n) is 12.9. The first-order chi connectivity index (χ1) is 11.3. The minimum atomic E-state index is -0.0847. The Balaban J connectivity index is 2.15. The fraction of sp³-hybridized carbons (Fsp3) is 0.0500. The maximum Gasteiger partial charge on any atom is 0.221 e. The van der Waals surface area contributed by atoms with Gasteiger partial charge in [-0.3, -0.25) is 4.79 Å². The summed E-state index contributed by atoms with van der Waals surface area (Å²) in [5.41, 5.74) is 3.79. The van der Waals surface area contributed by atoms with E-state index in [1.54, 1.807) is 0 Å². The van der Waals surface area contributed by atoms with Crippen LogP contribution in [-0.2, 0) is 4.79 Å². The Morgan fingerprint density at radius 1 is 0.739 bits per heavy atom. The molecule has 3 aromatic rings. The first-order valence-electron chi connectivity index (χ1n) is 7.52. The lowest BCUT2D eigenvalue weighted by Crippen LogP contribution is -2.14. The smallest absolute Gasteiger partial charge is 0.221 e. The van der Waals surface area contributed by atoms with Crippen LogP contribution in [0.3, 0.4) is 0 Å². The number of hydrogen-bond donors (Lipinski definition) is 1. The van der Waals surface area contributed by atoms with Crippen molar-refractivity contribution in [2.45, 2.75) is 6.92 Å². The fourth-order valence-electron chi connectivity index (χ4n) is 2.55. The Kier molecular flexibility index (Phi) is 4.39. The number of amides is 1. The van der Waals surface area contributed by atoms with Crippen LogP contribution in [0.15, 0.2) is 84.9 Å². The summed E-state index contributed by atoms with van der Waals surface area (Å²) in [7, 11) is 0. The van der Waals surface area contributed by atoms with Gasteiger partial charge in [0, 0.05) is 18.3 Å². The van der Waals surface area contributed by atoms with Gasteiger partial charge in [-0.25, -0.2) is 0 Å². The minimum Gasteiger partial charge on any atom is -0.325 e. The Morgan fingerprint density at radius 2 is 1.22 bits per heavy atom. The minimum absolute atomic E-state index is 0.0847. The molecule has 0 bridgehead atoms. The van der Waals surface area contributed by atoms with Crippen molar-refractivity contribution in [2.75, 3.05) is 10.2 Å². The highest BCUT2D eigenvalue weighted by molar-refractivity contribution is 5.95. The normalized spacial score (nSPS) is 10.1. The van der Waals surface area contributed by atoms with E-state index in [1.807, 2.05) is 60.7 Å². The summed E-state index contributed by atoms with van der Waals surface area (Å²) in [5.74, 6) is -0.0847. The number of nitrogens with zero attached hydrogens (tertiary/aromatic N) is 1. The van der Waals surface area contributed by atoms with Crippen molar-refractivity contribution in [3.63, 3.8) is 0 Å². The lowest BCUT2D eigenvalue weighted by molar-refractivity contribution is -0.114. The van der Waals surface area contributed by atoms with Gasteiger partial charge in [0.25, 0.3) is 0 Å². The van der Waals surface area contributed by atoms with Crippen LogP contribution >= 0.6 is 0 Å². The number of rotatable bonds is 4. The Hall–Kier alpha value is -3.07. The van der Waals surface area contributed by atoms with Crippen molar-refractivity contribution in [3.8, 4) is 0 Å². The van der Waals surface area contributed by atoms with Crippen LogP contribution < -0.4 is 10.2 Å². The average Bonchev–Trinajstić information content (AvgIpc) is 2.58. The summed E-state index contributed by atoms with van der Waals surface area (Å²) in [4.78, 5) is 13.7. The topological polar surface area (TPSA) is 32.3 Å². The molecule has 0 aliphatic heterocycles. The molecular formula is C20H18N2O. The van der Waals surface area contributed by atoms with E-state index in [-0.39, 0.29) is 5.91 Å². The monoisotopic (exact) mass is 302 g/mol. The molecule has 0 heterocycles. The molecule has 1 N–H and O–H groups in total. The van der Waals surface area contributed by atoms with E-state index in [9.17, 15) is 4.79 Å². The van der Waals surface area contributed by atoms with Crippen LogP contribution in [0.1, 0.15) is 6.92 Å². The summed E-state index contributed by atoms with van der Waals surface area (Å²) in [6, 6.07) is 28.0. The highest BCUT2D eigenvalue weighted by Gasteiger charge is 2.15. The van der Waals surface area contributed by atoms with Gasteiger partial charge in [-0.1, -0.05) is 48.5 Å². The highest BCUT2D eigenvalue weighted by atomic mass is 16.1. The van der Waals surface area contributed by atoms with Crippen molar-refractivity contribution < 1.29 is 4.79 Å². The fourth-order valence-corrected chi connectivity index (χ4v) is 2.55. The van der Waals surface area contributed by atoms with Crippen LogP contribution in [0, 0.1) is 0 Å².